The molecule has 2 heterocycles. The summed E-state index contributed by atoms with van der Waals surface area (Å²) in [5.41, 5.74) is 6.59. The summed E-state index contributed by atoms with van der Waals surface area (Å²) in [7, 11) is 0. The van der Waals surface area contributed by atoms with Crippen LogP contribution in [0.3, 0.4) is 0 Å². The minimum absolute atomic E-state index is 0.182. The second kappa shape index (κ2) is 10.3. The Bertz CT molecular complexity index is 596. The van der Waals surface area contributed by atoms with Gasteiger partial charge < -0.3 is 20.5 Å². The molecular formula is C22H35N3O3. The van der Waals surface area contributed by atoms with Gasteiger partial charge in [0.05, 0.1) is 19.3 Å². The molecule has 1 atom stereocenters. The third-order valence-electron chi connectivity index (χ3n) is 6.26. The van der Waals surface area contributed by atoms with Crippen LogP contribution in [-0.4, -0.2) is 78.4 Å². The molecule has 3 rings (SSSR count). The van der Waals surface area contributed by atoms with Gasteiger partial charge in [0.1, 0.15) is 5.54 Å². The number of rotatable bonds is 9. The van der Waals surface area contributed by atoms with E-state index in [1.807, 2.05) is 18.2 Å². The van der Waals surface area contributed by atoms with Crippen molar-refractivity contribution in [2.75, 3.05) is 45.9 Å². The minimum Gasteiger partial charge on any atom is -0.389 e. The zero-order valence-corrected chi connectivity index (χ0v) is 16.9. The predicted octanol–water partition coefficient (Wildman–Crippen LogP) is 1.41. The lowest BCUT2D eigenvalue weighted by Gasteiger charge is -2.48. The smallest absolute Gasteiger partial charge is 0.238 e. The van der Waals surface area contributed by atoms with Crippen molar-refractivity contribution in [1.82, 2.24) is 9.80 Å². The number of ether oxygens (including phenoxy) is 1. The number of aliphatic hydroxyl groups is 1. The predicted molar refractivity (Wildman–Crippen MR) is 110 cm³/mol. The lowest BCUT2D eigenvalue weighted by atomic mass is 9.83. The molecule has 28 heavy (non-hydrogen) atoms. The van der Waals surface area contributed by atoms with E-state index >= 15 is 0 Å². The lowest BCUT2D eigenvalue weighted by Crippen LogP contribution is -2.63. The van der Waals surface area contributed by atoms with Crippen LogP contribution in [0.2, 0.25) is 0 Å². The van der Waals surface area contributed by atoms with Gasteiger partial charge in [-0.2, -0.15) is 0 Å². The van der Waals surface area contributed by atoms with E-state index < -0.39 is 11.6 Å². The number of amides is 1. The van der Waals surface area contributed by atoms with Crippen LogP contribution in [0.1, 0.15) is 37.7 Å². The lowest BCUT2D eigenvalue weighted by molar-refractivity contribution is -0.135. The van der Waals surface area contributed by atoms with Gasteiger partial charge in [-0.05, 0) is 50.8 Å². The van der Waals surface area contributed by atoms with E-state index in [-0.39, 0.29) is 5.91 Å². The van der Waals surface area contributed by atoms with Crippen molar-refractivity contribution < 1.29 is 14.6 Å². The number of hydrogen-bond acceptors (Lipinski definition) is 5. The number of aliphatic hydroxyl groups excluding tert-OH is 1. The van der Waals surface area contributed by atoms with E-state index in [4.69, 9.17) is 10.5 Å². The van der Waals surface area contributed by atoms with Crippen molar-refractivity contribution in [3.05, 3.63) is 35.9 Å². The highest BCUT2D eigenvalue weighted by Crippen LogP contribution is 2.31. The number of β-amino-alcohol motifs (C(OH)–C–C–N with tert-alkyl or cyclic N) is 1. The standard InChI is InChI=1S/C22H35N3O3/c23-21(27)22(25-12-5-2-6-13-25)10-14-24(15-11-22)17-20(26)18-28-16-9-19-7-3-1-4-8-19/h1,3-4,7-8,20,26H,2,5-6,9-18H2,(H2,23,27). The summed E-state index contributed by atoms with van der Waals surface area (Å²) in [6, 6.07) is 10.2. The number of nitrogens with two attached hydrogens (primary N) is 1. The number of benzene rings is 1. The molecule has 156 valence electrons. The molecule has 0 spiro atoms. The highest BCUT2D eigenvalue weighted by molar-refractivity contribution is 5.84. The van der Waals surface area contributed by atoms with E-state index in [1.54, 1.807) is 0 Å². The van der Waals surface area contributed by atoms with Crippen LogP contribution < -0.4 is 5.73 Å². The summed E-state index contributed by atoms with van der Waals surface area (Å²) in [4.78, 5) is 16.8. The van der Waals surface area contributed by atoms with Crippen LogP contribution in [0, 0.1) is 0 Å². The van der Waals surface area contributed by atoms with Crippen LogP contribution in [0.5, 0.6) is 0 Å². The first-order chi connectivity index (χ1) is 13.6. The van der Waals surface area contributed by atoms with Crippen molar-refractivity contribution >= 4 is 5.91 Å². The van der Waals surface area contributed by atoms with Crippen LogP contribution in [0.15, 0.2) is 30.3 Å². The van der Waals surface area contributed by atoms with Crippen LogP contribution in [-0.2, 0) is 16.0 Å². The molecule has 0 bridgehead atoms. The molecule has 0 radical (unpaired) electrons. The molecule has 2 saturated heterocycles. The third kappa shape index (κ3) is 5.54. The van der Waals surface area contributed by atoms with Crippen molar-refractivity contribution in [1.29, 1.82) is 0 Å². The van der Waals surface area contributed by atoms with E-state index in [9.17, 15) is 9.90 Å². The molecular weight excluding hydrogens is 354 g/mol. The largest absolute Gasteiger partial charge is 0.389 e. The van der Waals surface area contributed by atoms with Crippen molar-refractivity contribution in [2.24, 2.45) is 5.73 Å². The first-order valence-electron chi connectivity index (χ1n) is 10.7. The van der Waals surface area contributed by atoms with Gasteiger partial charge in [-0.3, -0.25) is 9.69 Å². The fraction of sp³-hybridized carbons (Fsp3) is 0.682. The normalized spacial score (nSPS) is 22.0. The molecule has 0 aliphatic carbocycles. The molecule has 6 nitrogen and oxygen atoms in total. The minimum atomic E-state index is -0.508. The maximum Gasteiger partial charge on any atom is 0.238 e. The number of likely N-dealkylation sites (tertiary alicyclic amines) is 2. The molecule has 1 amide bonds. The number of carbonyl (C=O) groups is 1. The first kappa shape index (κ1) is 21.2. The van der Waals surface area contributed by atoms with Gasteiger partial charge in [-0.25, -0.2) is 0 Å². The molecule has 2 fully saturated rings. The molecule has 0 aromatic heterocycles. The average molecular weight is 390 g/mol. The summed E-state index contributed by atoms with van der Waals surface area (Å²) in [6.45, 7) is 5.07. The van der Waals surface area contributed by atoms with Gasteiger partial charge in [-0.15, -0.1) is 0 Å². The van der Waals surface area contributed by atoms with Gasteiger partial charge in [0, 0.05) is 19.6 Å². The Morgan fingerprint density at radius 1 is 1.11 bits per heavy atom. The number of hydrogen-bond donors (Lipinski definition) is 2. The number of nitrogens with zero attached hydrogens (tertiary/aromatic N) is 2. The van der Waals surface area contributed by atoms with Gasteiger partial charge in [0.25, 0.3) is 0 Å². The second-order valence-electron chi connectivity index (χ2n) is 8.21. The summed E-state index contributed by atoms with van der Waals surface area (Å²) in [5, 5.41) is 10.3. The van der Waals surface area contributed by atoms with Crippen LogP contribution >= 0.6 is 0 Å². The molecule has 2 aliphatic rings. The maximum atomic E-state index is 12.3. The first-order valence-corrected chi connectivity index (χ1v) is 10.7. The Kier molecular flexibility index (Phi) is 7.85. The van der Waals surface area contributed by atoms with Gasteiger partial charge in [-0.1, -0.05) is 36.8 Å². The Labute approximate surface area is 168 Å². The Morgan fingerprint density at radius 2 is 1.79 bits per heavy atom. The fourth-order valence-corrected chi connectivity index (χ4v) is 4.55. The molecule has 1 aromatic rings. The fourth-order valence-electron chi connectivity index (χ4n) is 4.55. The molecule has 2 aliphatic heterocycles. The second-order valence-corrected chi connectivity index (χ2v) is 8.21. The highest BCUT2D eigenvalue weighted by Gasteiger charge is 2.45. The quantitative estimate of drug-likeness (QED) is 0.625. The van der Waals surface area contributed by atoms with E-state index in [2.05, 4.69) is 21.9 Å². The van der Waals surface area contributed by atoms with E-state index in [0.717, 1.165) is 58.3 Å². The van der Waals surface area contributed by atoms with Gasteiger partial charge >= 0.3 is 0 Å². The molecule has 1 unspecified atom stereocenters. The summed E-state index contributed by atoms with van der Waals surface area (Å²) >= 11 is 0. The van der Waals surface area contributed by atoms with E-state index in [1.165, 1.54) is 12.0 Å². The van der Waals surface area contributed by atoms with Crippen LogP contribution in [0.4, 0.5) is 0 Å². The third-order valence-corrected chi connectivity index (χ3v) is 6.26. The molecule has 3 N–H and O–H groups in total. The Balaban J connectivity index is 1.38. The SMILES string of the molecule is NC(=O)C1(N2CCCCC2)CCN(CC(O)COCCc2ccccc2)CC1. The zero-order valence-electron chi connectivity index (χ0n) is 16.9. The summed E-state index contributed by atoms with van der Waals surface area (Å²) in [5.74, 6) is -0.182. The topological polar surface area (TPSA) is 79.0 Å². The maximum absolute atomic E-state index is 12.3. The Hall–Kier alpha value is -1.47. The average Bonchev–Trinajstić information content (AvgIpc) is 2.73. The van der Waals surface area contributed by atoms with E-state index in [0.29, 0.717) is 19.8 Å². The zero-order chi connectivity index (χ0) is 19.8. The number of carbonyl (C=O) groups excluding carboxylic acids is 1. The number of piperidine rings is 2. The van der Waals surface area contributed by atoms with Crippen LogP contribution in [0.25, 0.3) is 0 Å². The Morgan fingerprint density at radius 3 is 2.43 bits per heavy atom. The summed E-state index contributed by atoms with van der Waals surface area (Å²) in [6.07, 6.45) is 5.40. The van der Waals surface area contributed by atoms with Crippen molar-refractivity contribution in [3.63, 3.8) is 0 Å². The number of primary amides is 1. The molecule has 1 aromatic carbocycles. The highest BCUT2D eigenvalue weighted by atomic mass is 16.5. The van der Waals surface area contributed by atoms with Crippen molar-refractivity contribution in [2.45, 2.75) is 50.2 Å². The van der Waals surface area contributed by atoms with Gasteiger partial charge in [0.15, 0.2) is 0 Å². The van der Waals surface area contributed by atoms with Gasteiger partial charge in [0.2, 0.25) is 5.91 Å². The monoisotopic (exact) mass is 389 g/mol. The molecule has 0 saturated carbocycles. The summed E-state index contributed by atoms with van der Waals surface area (Å²) < 4.78 is 5.66. The molecule has 6 heteroatoms. The van der Waals surface area contributed by atoms with Crippen molar-refractivity contribution in [3.8, 4) is 0 Å².